The van der Waals surface area contributed by atoms with E-state index in [0.717, 1.165) is 5.56 Å². The number of nitro groups is 1. The molecule has 2 atom stereocenters. The molecule has 0 saturated carbocycles. The maximum atomic E-state index is 11.9. The first kappa shape index (κ1) is 17.4. The van der Waals surface area contributed by atoms with Gasteiger partial charge in [0.1, 0.15) is 0 Å². The number of carbonyl (C=O) groups excluding carboxylic acids is 1. The summed E-state index contributed by atoms with van der Waals surface area (Å²) in [7, 11) is 0. The molecule has 2 rings (SSSR count). The molecule has 0 aliphatic carbocycles. The first-order valence-electron chi connectivity index (χ1n) is 7.80. The number of esters is 1. The molecule has 1 aliphatic rings. The lowest BCUT2D eigenvalue weighted by atomic mass is 9.97. The van der Waals surface area contributed by atoms with Gasteiger partial charge >= 0.3 is 12.0 Å². The standard InChI is InChI=1S/C16H22N2O5/c1-2-23-16(19)15(18(20)21)12-14(13-6-4-3-5-7-13)17-8-10-22-11-9-17/h3-7,14-15H,2,8-12H2,1H3. The fourth-order valence-electron chi connectivity index (χ4n) is 2.78. The molecule has 1 saturated heterocycles. The normalized spacial score (nSPS) is 18.1. The fraction of sp³-hybridized carbons (Fsp3) is 0.562. The van der Waals surface area contributed by atoms with Gasteiger partial charge in [0.15, 0.2) is 0 Å². The van der Waals surface area contributed by atoms with Crippen molar-refractivity contribution in [3.8, 4) is 0 Å². The lowest BCUT2D eigenvalue weighted by molar-refractivity contribution is -0.512. The van der Waals surface area contributed by atoms with Crippen LogP contribution in [0.5, 0.6) is 0 Å². The van der Waals surface area contributed by atoms with Crippen LogP contribution in [0.1, 0.15) is 24.9 Å². The molecular formula is C16H22N2O5. The summed E-state index contributed by atoms with van der Waals surface area (Å²) in [5.74, 6) is -0.772. The van der Waals surface area contributed by atoms with Gasteiger partial charge in [-0.1, -0.05) is 30.3 Å². The highest BCUT2D eigenvalue weighted by atomic mass is 16.6. The van der Waals surface area contributed by atoms with Gasteiger partial charge in [0.25, 0.3) is 0 Å². The van der Waals surface area contributed by atoms with Crippen molar-refractivity contribution >= 4 is 5.97 Å². The summed E-state index contributed by atoms with van der Waals surface area (Å²) in [6.45, 7) is 4.33. The van der Waals surface area contributed by atoms with E-state index < -0.39 is 16.9 Å². The van der Waals surface area contributed by atoms with E-state index in [1.165, 1.54) is 0 Å². The second-order valence-corrected chi connectivity index (χ2v) is 5.36. The topological polar surface area (TPSA) is 81.9 Å². The van der Waals surface area contributed by atoms with Crippen LogP contribution < -0.4 is 0 Å². The molecule has 0 N–H and O–H groups in total. The molecule has 126 valence electrons. The Morgan fingerprint density at radius 2 is 2.00 bits per heavy atom. The summed E-state index contributed by atoms with van der Waals surface area (Å²) < 4.78 is 10.2. The molecule has 1 heterocycles. The molecule has 0 spiro atoms. The van der Waals surface area contributed by atoms with Crippen LogP contribution in [0.15, 0.2) is 30.3 Å². The molecule has 0 amide bonds. The summed E-state index contributed by atoms with van der Waals surface area (Å²) in [6, 6.07) is 7.99. The van der Waals surface area contributed by atoms with Gasteiger partial charge < -0.3 is 9.47 Å². The van der Waals surface area contributed by atoms with Crippen LogP contribution in [-0.4, -0.2) is 54.7 Å². The summed E-state index contributed by atoms with van der Waals surface area (Å²) in [4.78, 5) is 24.8. The summed E-state index contributed by atoms with van der Waals surface area (Å²) >= 11 is 0. The van der Waals surface area contributed by atoms with Crippen molar-refractivity contribution in [1.29, 1.82) is 0 Å². The number of morpholine rings is 1. The molecule has 1 aromatic carbocycles. The minimum Gasteiger partial charge on any atom is -0.461 e. The van der Waals surface area contributed by atoms with Crippen LogP contribution in [0.2, 0.25) is 0 Å². The van der Waals surface area contributed by atoms with Gasteiger partial charge in [-0.05, 0) is 12.5 Å². The molecule has 0 radical (unpaired) electrons. The van der Waals surface area contributed by atoms with Crippen LogP contribution in [0, 0.1) is 10.1 Å². The average molecular weight is 322 g/mol. The van der Waals surface area contributed by atoms with Crippen LogP contribution >= 0.6 is 0 Å². The van der Waals surface area contributed by atoms with E-state index in [2.05, 4.69) is 4.90 Å². The smallest absolute Gasteiger partial charge is 0.381 e. The molecule has 1 fully saturated rings. The van der Waals surface area contributed by atoms with Crippen molar-refractivity contribution in [1.82, 2.24) is 4.90 Å². The maximum Gasteiger partial charge on any atom is 0.381 e. The first-order chi connectivity index (χ1) is 11.1. The quantitative estimate of drug-likeness (QED) is 0.431. The van der Waals surface area contributed by atoms with Crippen LogP contribution in [0.4, 0.5) is 0 Å². The number of hydrogen-bond acceptors (Lipinski definition) is 6. The predicted octanol–water partition coefficient (Wildman–Crippen LogP) is 1.66. The molecule has 23 heavy (non-hydrogen) atoms. The van der Waals surface area contributed by atoms with Crippen LogP contribution in [0.3, 0.4) is 0 Å². The van der Waals surface area contributed by atoms with Crippen molar-refractivity contribution in [3.05, 3.63) is 46.0 Å². The minimum absolute atomic E-state index is 0.0931. The third kappa shape index (κ3) is 4.74. The SMILES string of the molecule is CCOC(=O)C(CC(c1ccccc1)N1CCOCC1)[N+](=O)[O-]. The average Bonchev–Trinajstić information content (AvgIpc) is 2.57. The van der Waals surface area contributed by atoms with Gasteiger partial charge in [-0.25, -0.2) is 4.79 Å². The van der Waals surface area contributed by atoms with Crippen molar-refractivity contribution in [2.24, 2.45) is 0 Å². The molecule has 0 aromatic heterocycles. The highest BCUT2D eigenvalue weighted by molar-refractivity contribution is 5.74. The maximum absolute atomic E-state index is 11.9. The second-order valence-electron chi connectivity index (χ2n) is 5.36. The summed E-state index contributed by atoms with van der Waals surface area (Å²) in [5.41, 5.74) is 0.963. The Balaban J connectivity index is 2.21. The van der Waals surface area contributed by atoms with E-state index in [1.807, 2.05) is 30.3 Å². The van der Waals surface area contributed by atoms with E-state index in [0.29, 0.717) is 26.3 Å². The zero-order valence-electron chi connectivity index (χ0n) is 13.2. The Morgan fingerprint density at radius 3 is 2.57 bits per heavy atom. The van der Waals surface area contributed by atoms with Crippen molar-refractivity contribution < 1.29 is 19.2 Å². The number of ether oxygens (including phenoxy) is 2. The Bertz CT molecular complexity index is 516. The largest absolute Gasteiger partial charge is 0.461 e. The number of rotatable bonds is 7. The second kappa shape index (κ2) is 8.59. The lowest BCUT2D eigenvalue weighted by Crippen LogP contribution is -2.43. The monoisotopic (exact) mass is 322 g/mol. The number of carbonyl (C=O) groups is 1. The van der Waals surface area contributed by atoms with Gasteiger partial charge in [-0.3, -0.25) is 15.0 Å². The molecule has 7 nitrogen and oxygen atoms in total. The number of benzene rings is 1. The molecule has 2 unspecified atom stereocenters. The fourth-order valence-corrected chi connectivity index (χ4v) is 2.78. The predicted molar refractivity (Wildman–Crippen MR) is 83.6 cm³/mol. The van der Waals surface area contributed by atoms with E-state index in [9.17, 15) is 14.9 Å². The third-order valence-electron chi connectivity index (χ3n) is 3.93. The van der Waals surface area contributed by atoms with Gasteiger partial charge in [0.05, 0.1) is 19.8 Å². The zero-order valence-corrected chi connectivity index (χ0v) is 13.2. The molecule has 7 heteroatoms. The Hall–Kier alpha value is -1.99. The first-order valence-corrected chi connectivity index (χ1v) is 7.80. The molecule has 1 aromatic rings. The van der Waals surface area contributed by atoms with Gasteiger partial charge in [0.2, 0.25) is 0 Å². The minimum atomic E-state index is -1.36. The van der Waals surface area contributed by atoms with E-state index in [-0.39, 0.29) is 19.1 Å². The number of nitrogens with zero attached hydrogens (tertiary/aromatic N) is 2. The van der Waals surface area contributed by atoms with Crippen LogP contribution in [-0.2, 0) is 14.3 Å². The van der Waals surface area contributed by atoms with E-state index >= 15 is 0 Å². The van der Waals surface area contributed by atoms with Gasteiger partial charge in [0, 0.05) is 30.5 Å². The molecule has 1 aliphatic heterocycles. The molecule has 0 bridgehead atoms. The third-order valence-corrected chi connectivity index (χ3v) is 3.93. The summed E-state index contributed by atoms with van der Waals surface area (Å²) in [6.07, 6.45) is 0.0931. The highest BCUT2D eigenvalue weighted by Gasteiger charge is 2.37. The lowest BCUT2D eigenvalue weighted by Gasteiger charge is -2.35. The van der Waals surface area contributed by atoms with Crippen molar-refractivity contribution in [3.63, 3.8) is 0 Å². The Kier molecular flexibility index (Phi) is 6.49. The van der Waals surface area contributed by atoms with Crippen molar-refractivity contribution in [2.45, 2.75) is 25.4 Å². The van der Waals surface area contributed by atoms with Gasteiger partial charge in [-0.2, -0.15) is 0 Å². The highest BCUT2D eigenvalue weighted by Crippen LogP contribution is 2.27. The van der Waals surface area contributed by atoms with E-state index in [1.54, 1.807) is 6.92 Å². The van der Waals surface area contributed by atoms with Gasteiger partial charge in [-0.15, -0.1) is 0 Å². The zero-order chi connectivity index (χ0) is 16.7. The van der Waals surface area contributed by atoms with Crippen LogP contribution in [0.25, 0.3) is 0 Å². The van der Waals surface area contributed by atoms with E-state index in [4.69, 9.17) is 9.47 Å². The number of hydrogen-bond donors (Lipinski definition) is 0. The Morgan fingerprint density at radius 1 is 1.35 bits per heavy atom. The van der Waals surface area contributed by atoms with Crippen molar-refractivity contribution in [2.75, 3.05) is 32.9 Å². The molecular weight excluding hydrogens is 300 g/mol. The summed E-state index contributed by atoms with van der Waals surface area (Å²) in [5, 5.41) is 11.3. The Labute approximate surface area is 135 Å².